The maximum atomic E-state index is 14.5. The molecule has 0 aliphatic heterocycles. The van der Waals surface area contributed by atoms with E-state index in [4.69, 9.17) is 19.3 Å². The van der Waals surface area contributed by atoms with Crippen molar-refractivity contribution in [1.82, 2.24) is 0 Å². The maximum Gasteiger partial charge on any atom is 0.303 e. The Morgan fingerprint density at radius 2 is 1.64 bits per heavy atom. The minimum Gasteiger partial charge on any atom is -0.497 e. The lowest BCUT2D eigenvalue weighted by molar-refractivity contribution is -0.136. The summed E-state index contributed by atoms with van der Waals surface area (Å²) in [6, 6.07) is 21.6. The number of carbonyl (C=O) groups is 1. The van der Waals surface area contributed by atoms with Crippen molar-refractivity contribution in [3.05, 3.63) is 84.2 Å². The third kappa shape index (κ3) is 4.90. The summed E-state index contributed by atoms with van der Waals surface area (Å²) in [5.41, 5.74) is 2.29. The van der Waals surface area contributed by atoms with Gasteiger partial charge in [0, 0.05) is 17.4 Å². The monoisotopic (exact) mass is 446 g/mol. The highest BCUT2D eigenvalue weighted by molar-refractivity contribution is 5.96. The van der Waals surface area contributed by atoms with Crippen LogP contribution >= 0.6 is 0 Å². The molecule has 4 rings (SSSR count). The quantitative estimate of drug-likeness (QED) is 0.336. The van der Waals surface area contributed by atoms with Gasteiger partial charge in [-0.2, -0.15) is 0 Å². The van der Waals surface area contributed by atoms with E-state index in [0.717, 1.165) is 27.6 Å². The van der Waals surface area contributed by atoms with Gasteiger partial charge in [0.15, 0.2) is 11.6 Å². The molecular weight excluding hydrogens is 423 g/mol. The molecule has 0 heterocycles. The van der Waals surface area contributed by atoms with E-state index in [-0.39, 0.29) is 12.2 Å². The molecule has 0 bridgehead atoms. The fourth-order valence-electron chi connectivity index (χ4n) is 3.67. The van der Waals surface area contributed by atoms with Crippen LogP contribution in [0.5, 0.6) is 23.0 Å². The number of benzene rings is 4. The van der Waals surface area contributed by atoms with Gasteiger partial charge in [-0.25, -0.2) is 4.39 Å². The van der Waals surface area contributed by atoms with Crippen LogP contribution in [0.25, 0.3) is 21.9 Å². The van der Waals surface area contributed by atoms with Gasteiger partial charge in [0.25, 0.3) is 0 Å². The van der Waals surface area contributed by atoms with Crippen LogP contribution in [0, 0.1) is 5.82 Å². The molecular formula is C27H23FO5. The number of aryl methyl sites for hydroxylation is 1. The van der Waals surface area contributed by atoms with E-state index in [1.807, 2.05) is 42.5 Å². The topological polar surface area (TPSA) is 65.0 Å². The van der Waals surface area contributed by atoms with E-state index in [1.54, 1.807) is 31.4 Å². The number of fused-ring (bicyclic) bond motifs is 1. The third-order valence-electron chi connectivity index (χ3n) is 5.41. The Bertz CT molecular complexity index is 1300. The molecule has 33 heavy (non-hydrogen) atoms. The number of halogens is 1. The second kappa shape index (κ2) is 9.61. The minimum atomic E-state index is -0.835. The van der Waals surface area contributed by atoms with Crippen molar-refractivity contribution in [3.8, 4) is 34.1 Å². The second-order valence-electron chi connectivity index (χ2n) is 7.52. The van der Waals surface area contributed by atoms with E-state index in [9.17, 15) is 9.18 Å². The number of ether oxygens (including phenoxy) is 3. The molecule has 0 aromatic heterocycles. The van der Waals surface area contributed by atoms with Gasteiger partial charge in [0.05, 0.1) is 14.2 Å². The molecule has 168 valence electrons. The Balaban J connectivity index is 1.77. The van der Waals surface area contributed by atoms with Crippen molar-refractivity contribution in [1.29, 1.82) is 0 Å². The van der Waals surface area contributed by atoms with Crippen LogP contribution in [-0.4, -0.2) is 25.3 Å². The van der Waals surface area contributed by atoms with Crippen molar-refractivity contribution >= 4 is 16.7 Å². The Hall–Kier alpha value is -4.06. The van der Waals surface area contributed by atoms with Crippen molar-refractivity contribution in [3.63, 3.8) is 0 Å². The number of methoxy groups -OCH3 is 2. The molecule has 0 saturated carbocycles. The van der Waals surface area contributed by atoms with Gasteiger partial charge in [-0.1, -0.05) is 24.3 Å². The van der Waals surface area contributed by atoms with E-state index >= 15 is 0 Å². The van der Waals surface area contributed by atoms with E-state index in [0.29, 0.717) is 23.5 Å². The first kappa shape index (κ1) is 22.1. The predicted molar refractivity (Wildman–Crippen MR) is 125 cm³/mol. The number of hydrogen-bond donors (Lipinski definition) is 1. The summed E-state index contributed by atoms with van der Waals surface area (Å²) >= 11 is 0. The summed E-state index contributed by atoms with van der Waals surface area (Å²) in [6.45, 7) is 0. The van der Waals surface area contributed by atoms with Crippen LogP contribution in [0.15, 0.2) is 72.8 Å². The summed E-state index contributed by atoms with van der Waals surface area (Å²) in [7, 11) is 3.04. The van der Waals surface area contributed by atoms with Crippen LogP contribution in [0.4, 0.5) is 4.39 Å². The summed E-state index contributed by atoms with van der Waals surface area (Å²) in [4.78, 5) is 10.8. The van der Waals surface area contributed by atoms with Crippen molar-refractivity contribution in [2.24, 2.45) is 0 Å². The molecule has 0 fully saturated rings. The molecule has 4 aromatic carbocycles. The predicted octanol–water partition coefficient (Wildman–Crippen LogP) is 6.47. The summed E-state index contributed by atoms with van der Waals surface area (Å²) in [5.74, 6) is 0.769. The van der Waals surface area contributed by atoms with Gasteiger partial charge in [0.1, 0.15) is 17.2 Å². The zero-order chi connectivity index (χ0) is 23.4. The molecule has 0 spiro atoms. The highest BCUT2D eigenvalue weighted by Crippen LogP contribution is 2.41. The van der Waals surface area contributed by atoms with Gasteiger partial charge in [-0.3, -0.25) is 4.79 Å². The SMILES string of the molecule is COc1ccc2c(Oc3ccc(CCC(=O)O)cc3)c(-c3ccc(OC)c(F)c3)ccc2c1. The fraction of sp³-hybridized carbons (Fsp3) is 0.148. The van der Waals surface area contributed by atoms with E-state index < -0.39 is 11.8 Å². The lowest BCUT2D eigenvalue weighted by atomic mass is 9.99. The maximum absolute atomic E-state index is 14.5. The van der Waals surface area contributed by atoms with E-state index in [1.165, 1.54) is 13.2 Å². The first-order chi connectivity index (χ1) is 16.0. The Morgan fingerprint density at radius 3 is 2.30 bits per heavy atom. The lowest BCUT2D eigenvalue weighted by Gasteiger charge is -2.16. The van der Waals surface area contributed by atoms with Crippen LogP contribution in [-0.2, 0) is 11.2 Å². The molecule has 0 radical (unpaired) electrons. The zero-order valence-corrected chi connectivity index (χ0v) is 18.3. The molecule has 0 atom stereocenters. The summed E-state index contributed by atoms with van der Waals surface area (Å²) < 4.78 is 31.2. The first-order valence-corrected chi connectivity index (χ1v) is 10.4. The summed E-state index contributed by atoms with van der Waals surface area (Å²) in [5, 5.41) is 10.6. The standard InChI is InChI=1S/C27H23FO5/c1-31-21-10-12-23-18(15-21)6-11-22(19-7-13-25(32-2)24(28)16-19)27(23)33-20-8-3-17(4-9-20)5-14-26(29)30/h3-4,6-13,15-16H,5,14H2,1-2H3,(H,29,30). The number of carboxylic acid groups (broad SMARTS) is 1. The van der Waals surface area contributed by atoms with Crippen molar-refractivity contribution in [2.45, 2.75) is 12.8 Å². The molecule has 6 heteroatoms. The van der Waals surface area contributed by atoms with Crippen molar-refractivity contribution < 1.29 is 28.5 Å². The van der Waals surface area contributed by atoms with Crippen molar-refractivity contribution in [2.75, 3.05) is 14.2 Å². The largest absolute Gasteiger partial charge is 0.497 e. The first-order valence-electron chi connectivity index (χ1n) is 10.4. The highest BCUT2D eigenvalue weighted by atomic mass is 19.1. The molecule has 5 nitrogen and oxygen atoms in total. The van der Waals surface area contributed by atoms with Crippen LogP contribution in [0.3, 0.4) is 0 Å². The molecule has 0 unspecified atom stereocenters. The second-order valence-corrected chi connectivity index (χ2v) is 7.52. The van der Waals surface area contributed by atoms with E-state index in [2.05, 4.69) is 0 Å². The number of rotatable bonds is 8. The molecule has 1 N–H and O–H groups in total. The minimum absolute atomic E-state index is 0.0680. The normalized spacial score (nSPS) is 10.8. The lowest BCUT2D eigenvalue weighted by Crippen LogP contribution is -1.97. The number of aliphatic carboxylic acids is 1. The average molecular weight is 446 g/mol. The molecule has 0 aliphatic carbocycles. The Morgan fingerprint density at radius 1 is 0.879 bits per heavy atom. The van der Waals surface area contributed by atoms with Crippen LogP contribution < -0.4 is 14.2 Å². The fourth-order valence-corrected chi connectivity index (χ4v) is 3.67. The number of carboxylic acids is 1. The van der Waals surface area contributed by atoms with Gasteiger partial charge in [-0.05, 0) is 71.5 Å². The number of hydrogen-bond acceptors (Lipinski definition) is 4. The molecule has 4 aromatic rings. The average Bonchev–Trinajstić information content (AvgIpc) is 2.83. The van der Waals surface area contributed by atoms with Gasteiger partial charge >= 0.3 is 5.97 Å². The van der Waals surface area contributed by atoms with Gasteiger partial charge in [-0.15, -0.1) is 0 Å². The van der Waals surface area contributed by atoms with Crippen LogP contribution in [0.1, 0.15) is 12.0 Å². The van der Waals surface area contributed by atoms with Gasteiger partial charge in [0.2, 0.25) is 0 Å². The molecule has 0 saturated heterocycles. The zero-order valence-electron chi connectivity index (χ0n) is 18.3. The Kier molecular flexibility index (Phi) is 6.45. The van der Waals surface area contributed by atoms with Crippen LogP contribution in [0.2, 0.25) is 0 Å². The summed E-state index contributed by atoms with van der Waals surface area (Å²) in [6.07, 6.45) is 0.512. The van der Waals surface area contributed by atoms with Gasteiger partial charge < -0.3 is 19.3 Å². The third-order valence-corrected chi connectivity index (χ3v) is 5.41. The molecule has 0 amide bonds. The molecule has 0 aliphatic rings. The smallest absolute Gasteiger partial charge is 0.303 e. The highest BCUT2D eigenvalue weighted by Gasteiger charge is 2.15. The Labute approximate surface area is 191 Å².